The van der Waals surface area contributed by atoms with E-state index in [1.54, 1.807) is 17.1 Å². The molecule has 5 rings (SSSR count). The van der Waals surface area contributed by atoms with Crippen molar-refractivity contribution in [3.05, 3.63) is 90.4 Å². The van der Waals surface area contributed by atoms with Gasteiger partial charge in [-0.3, -0.25) is 9.73 Å². The zero-order chi connectivity index (χ0) is 23.6. The third-order valence-electron chi connectivity index (χ3n) is 5.73. The molecule has 0 spiro atoms. The van der Waals surface area contributed by atoms with E-state index in [1.165, 1.54) is 16.4 Å². The molecule has 2 heterocycles. The molecule has 0 saturated heterocycles. The third-order valence-corrected chi connectivity index (χ3v) is 7.41. The molecule has 0 aliphatic carbocycles. The van der Waals surface area contributed by atoms with Crippen LogP contribution in [0.3, 0.4) is 0 Å². The van der Waals surface area contributed by atoms with Crippen LogP contribution in [0.25, 0.3) is 0 Å². The number of benzene rings is 3. The van der Waals surface area contributed by atoms with Gasteiger partial charge in [-0.1, -0.05) is 58.5 Å². The van der Waals surface area contributed by atoms with Crippen molar-refractivity contribution in [1.29, 1.82) is 0 Å². The van der Waals surface area contributed by atoms with E-state index in [4.69, 9.17) is 51.3 Å². The van der Waals surface area contributed by atoms with Crippen molar-refractivity contribution in [2.45, 2.75) is 20.8 Å². The summed E-state index contributed by atoms with van der Waals surface area (Å²) in [7, 11) is 0. The van der Waals surface area contributed by atoms with Gasteiger partial charge in [-0.2, -0.15) is 10.0 Å². The maximum Gasteiger partial charge on any atom is 0.278 e. The van der Waals surface area contributed by atoms with Crippen molar-refractivity contribution in [1.82, 2.24) is 5.28 Å². The number of carbonyl (C=O) groups excluding carboxylic acids is 1. The number of carbonyl (C=O) groups is 1. The Morgan fingerprint density at radius 3 is 2.15 bits per heavy atom. The molecule has 0 bridgehead atoms. The Bertz CT molecular complexity index is 1350. The lowest BCUT2D eigenvalue weighted by atomic mass is 9.98. The Morgan fingerprint density at radius 1 is 0.879 bits per heavy atom. The highest BCUT2D eigenvalue weighted by molar-refractivity contribution is 6.39. The fourth-order valence-corrected chi connectivity index (χ4v) is 5.00. The second kappa shape index (κ2) is 8.08. The maximum atomic E-state index is 13.6. The summed E-state index contributed by atoms with van der Waals surface area (Å²) in [5.41, 5.74) is 4.70. The number of para-hydroxylation sites is 2. The minimum absolute atomic E-state index is 0.229. The minimum Gasteiger partial charge on any atom is -0.267 e. The van der Waals surface area contributed by atoms with Gasteiger partial charge in [0.25, 0.3) is 5.91 Å². The normalized spacial score (nSPS) is 14.8. The largest absolute Gasteiger partial charge is 0.278 e. The molecule has 0 aromatic heterocycles. The van der Waals surface area contributed by atoms with E-state index in [-0.39, 0.29) is 10.6 Å². The smallest absolute Gasteiger partial charge is 0.267 e. The van der Waals surface area contributed by atoms with Gasteiger partial charge in [0.15, 0.2) is 0 Å². The van der Waals surface area contributed by atoms with Gasteiger partial charge in [0.1, 0.15) is 0 Å². The zero-order valence-corrected chi connectivity index (χ0v) is 20.7. The summed E-state index contributed by atoms with van der Waals surface area (Å²) in [5.74, 6) is 0.0511. The highest BCUT2D eigenvalue weighted by Crippen LogP contribution is 2.45. The van der Waals surface area contributed by atoms with Crippen LogP contribution in [-0.2, 0) is 4.94 Å². The molecule has 0 unspecified atom stereocenters. The number of hydrogen-bond donors (Lipinski definition) is 0. The molecule has 0 radical (unpaired) electrons. The van der Waals surface area contributed by atoms with Crippen LogP contribution in [0.5, 0.6) is 0 Å². The lowest BCUT2D eigenvalue weighted by molar-refractivity contribution is -0.135. The number of rotatable bonds is 2. The van der Waals surface area contributed by atoms with Gasteiger partial charge in [0.2, 0.25) is 5.84 Å². The number of hydrazine groups is 2. The summed E-state index contributed by atoms with van der Waals surface area (Å²) in [6, 6.07) is 12.1. The summed E-state index contributed by atoms with van der Waals surface area (Å²) in [4.78, 5) is 19.2. The van der Waals surface area contributed by atoms with Crippen molar-refractivity contribution in [2.75, 3.05) is 10.0 Å². The molecule has 0 fully saturated rings. The highest BCUT2D eigenvalue weighted by Gasteiger charge is 2.48. The molecule has 2 aliphatic heterocycles. The second-order valence-electron chi connectivity index (χ2n) is 7.67. The minimum atomic E-state index is -0.406. The van der Waals surface area contributed by atoms with Gasteiger partial charge in [0, 0.05) is 20.6 Å². The van der Waals surface area contributed by atoms with Gasteiger partial charge in [-0.15, -0.1) is 0 Å². The summed E-state index contributed by atoms with van der Waals surface area (Å²) >= 11 is 25.5. The number of hydrogen-bond acceptors (Lipinski definition) is 5. The van der Waals surface area contributed by atoms with Crippen molar-refractivity contribution in [2.24, 2.45) is 5.16 Å². The number of fused-ring (bicyclic) bond motifs is 3. The summed E-state index contributed by atoms with van der Waals surface area (Å²) < 4.78 is 0. The van der Waals surface area contributed by atoms with E-state index >= 15 is 0 Å². The van der Waals surface area contributed by atoms with Crippen LogP contribution in [0.2, 0.25) is 20.1 Å². The van der Waals surface area contributed by atoms with E-state index in [0.29, 0.717) is 32.3 Å². The van der Waals surface area contributed by atoms with Crippen molar-refractivity contribution < 1.29 is 9.73 Å². The molecule has 168 valence electrons. The topological polar surface area (TPSA) is 48.4 Å². The first-order chi connectivity index (χ1) is 15.7. The van der Waals surface area contributed by atoms with Crippen LogP contribution in [0.1, 0.15) is 32.6 Å². The van der Waals surface area contributed by atoms with Gasteiger partial charge in [-0.05, 0) is 72.9 Å². The highest BCUT2D eigenvalue weighted by atomic mass is 35.5. The molecular formula is C23H16Cl4N4O2. The zero-order valence-electron chi connectivity index (χ0n) is 17.7. The molecule has 2 aliphatic rings. The number of oxime groups is 1. The van der Waals surface area contributed by atoms with Crippen molar-refractivity contribution >= 4 is 69.5 Å². The molecule has 3 aromatic rings. The lowest BCUT2D eigenvalue weighted by Gasteiger charge is -2.25. The number of nitrogens with zero attached hydrogens (tertiary/aromatic N) is 4. The van der Waals surface area contributed by atoms with Crippen LogP contribution in [0, 0.1) is 20.8 Å². The Balaban J connectivity index is 1.64. The molecule has 10 heteroatoms. The fourth-order valence-electron chi connectivity index (χ4n) is 4.09. The summed E-state index contributed by atoms with van der Waals surface area (Å²) in [6.45, 7) is 5.67. The van der Waals surface area contributed by atoms with Crippen molar-refractivity contribution in [3.63, 3.8) is 0 Å². The molecule has 3 aromatic carbocycles. The van der Waals surface area contributed by atoms with Crippen LogP contribution in [0.15, 0.2) is 47.6 Å². The standard InChI is InChI=1S/C23H16Cl4N4O2/c1-11-19(12(2)21(27)13(3)20(11)26)22-28-33-31-29(22)17-6-4-5-7-18(17)30(31)23(32)15-9-8-14(24)10-16(15)25/h4-10H,1-3H3. The van der Waals surface area contributed by atoms with E-state index in [1.807, 2.05) is 45.0 Å². The van der Waals surface area contributed by atoms with E-state index < -0.39 is 5.91 Å². The maximum absolute atomic E-state index is 13.6. The number of amidine groups is 1. The van der Waals surface area contributed by atoms with Crippen LogP contribution < -0.4 is 10.0 Å². The average Bonchev–Trinajstić information content (AvgIpc) is 3.35. The predicted molar refractivity (Wildman–Crippen MR) is 132 cm³/mol. The Morgan fingerprint density at radius 2 is 1.52 bits per heavy atom. The van der Waals surface area contributed by atoms with Crippen molar-refractivity contribution in [3.8, 4) is 0 Å². The number of anilines is 2. The SMILES string of the molecule is Cc1c(Cl)c(C)c(C2=NON3N(C(=O)c4ccc(Cl)cc4Cl)c4ccccc4N23)c(C)c1Cl. The lowest BCUT2D eigenvalue weighted by Crippen LogP contribution is -2.49. The fraction of sp³-hybridized carbons (Fsp3) is 0.130. The second-order valence-corrected chi connectivity index (χ2v) is 9.27. The average molecular weight is 522 g/mol. The third kappa shape index (κ3) is 3.28. The Hall–Kier alpha value is -2.48. The summed E-state index contributed by atoms with van der Waals surface area (Å²) in [5, 5.41) is 10.4. The predicted octanol–water partition coefficient (Wildman–Crippen LogP) is 7.13. The Kier molecular flexibility index (Phi) is 5.46. The van der Waals surface area contributed by atoms with Gasteiger partial charge in [-0.25, -0.2) is 0 Å². The quantitative estimate of drug-likeness (QED) is 0.360. The van der Waals surface area contributed by atoms with Gasteiger partial charge in [0.05, 0.1) is 27.2 Å². The number of halogens is 4. The first kappa shape index (κ1) is 22.3. The molecule has 0 atom stereocenters. The van der Waals surface area contributed by atoms with E-state index in [2.05, 4.69) is 5.16 Å². The molecular weight excluding hydrogens is 506 g/mol. The molecule has 0 saturated carbocycles. The molecule has 33 heavy (non-hydrogen) atoms. The first-order valence-electron chi connectivity index (χ1n) is 9.91. The van der Waals surface area contributed by atoms with Gasteiger partial charge < -0.3 is 0 Å². The van der Waals surface area contributed by atoms with Crippen LogP contribution in [-0.4, -0.2) is 17.0 Å². The van der Waals surface area contributed by atoms with Crippen LogP contribution in [0.4, 0.5) is 11.4 Å². The van der Waals surface area contributed by atoms with E-state index in [0.717, 1.165) is 22.3 Å². The van der Waals surface area contributed by atoms with Crippen LogP contribution >= 0.6 is 46.4 Å². The first-order valence-corrected chi connectivity index (χ1v) is 11.4. The molecule has 1 amide bonds. The molecule has 0 N–H and O–H groups in total. The molecule has 6 nitrogen and oxygen atoms in total. The van der Waals surface area contributed by atoms with Gasteiger partial charge >= 0.3 is 0 Å². The number of amides is 1. The monoisotopic (exact) mass is 520 g/mol. The van der Waals surface area contributed by atoms with E-state index in [9.17, 15) is 4.79 Å². The summed E-state index contributed by atoms with van der Waals surface area (Å²) in [6.07, 6.45) is 0. The Labute approximate surface area is 210 Å².